The Labute approximate surface area is 87.5 Å². The second-order valence-corrected chi connectivity index (χ2v) is 5.36. The first-order valence-electron chi connectivity index (χ1n) is 4.88. The van der Waals surface area contributed by atoms with Crippen molar-refractivity contribution in [3.8, 4) is 0 Å². The van der Waals surface area contributed by atoms with E-state index in [1.807, 2.05) is 0 Å². The molecule has 0 N–H and O–H groups in total. The predicted molar refractivity (Wildman–Crippen MR) is 63.3 cm³/mol. The first kappa shape index (κ1) is 10.9. The van der Waals surface area contributed by atoms with Crippen molar-refractivity contribution in [2.24, 2.45) is 5.92 Å². The van der Waals surface area contributed by atoms with Crippen LogP contribution in [0.2, 0.25) is 0 Å². The van der Waals surface area contributed by atoms with Gasteiger partial charge in [-0.05, 0) is 51.7 Å². The summed E-state index contributed by atoms with van der Waals surface area (Å²) in [6, 6.07) is 0. The van der Waals surface area contributed by atoms with Crippen LogP contribution >= 0.6 is 12.6 Å². The van der Waals surface area contributed by atoms with Gasteiger partial charge in [-0.2, -0.15) is 12.6 Å². The molecule has 13 heavy (non-hydrogen) atoms. The lowest BCUT2D eigenvalue weighted by Crippen LogP contribution is -2.33. The highest BCUT2D eigenvalue weighted by Crippen LogP contribution is 2.44. The Morgan fingerprint density at radius 1 is 1.08 bits per heavy atom. The van der Waals surface area contributed by atoms with E-state index in [1.165, 1.54) is 22.3 Å². The molecule has 74 valence electrons. The fourth-order valence-corrected chi connectivity index (χ4v) is 2.39. The Bertz CT molecular complexity index is 292. The van der Waals surface area contributed by atoms with Gasteiger partial charge in [0.2, 0.25) is 0 Å². The van der Waals surface area contributed by atoms with E-state index < -0.39 is 0 Å². The van der Waals surface area contributed by atoms with Gasteiger partial charge in [-0.1, -0.05) is 18.1 Å². The van der Waals surface area contributed by atoms with Crippen LogP contribution < -0.4 is 0 Å². The van der Waals surface area contributed by atoms with Crippen molar-refractivity contribution in [3.63, 3.8) is 0 Å². The lowest BCUT2D eigenvalue weighted by molar-refractivity contribution is 0.533. The Hall–Kier alpha value is -0.170. The van der Waals surface area contributed by atoms with E-state index in [9.17, 15) is 0 Å². The first-order chi connectivity index (χ1) is 5.80. The molecule has 2 atom stereocenters. The molecule has 0 heterocycles. The van der Waals surface area contributed by atoms with Gasteiger partial charge in [0.15, 0.2) is 0 Å². The summed E-state index contributed by atoms with van der Waals surface area (Å²) >= 11 is 4.77. The van der Waals surface area contributed by atoms with Crippen LogP contribution in [-0.2, 0) is 0 Å². The van der Waals surface area contributed by atoms with E-state index in [2.05, 4.69) is 41.5 Å². The maximum atomic E-state index is 4.77. The molecule has 0 bridgehead atoms. The Morgan fingerprint density at radius 3 is 2.00 bits per heavy atom. The quantitative estimate of drug-likeness (QED) is 0.556. The summed E-state index contributed by atoms with van der Waals surface area (Å²) < 4.78 is 0.0354. The molecule has 0 saturated heterocycles. The van der Waals surface area contributed by atoms with Crippen molar-refractivity contribution in [3.05, 3.63) is 22.3 Å². The predicted octanol–water partition coefficient (Wildman–Crippen LogP) is 4.00. The molecule has 0 spiro atoms. The fourth-order valence-electron chi connectivity index (χ4n) is 2.03. The molecule has 2 unspecified atom stereocenters. The zero-order valence-electron chi connectivity index (χ0n) is 9.52. The largest absolute Gasteiger partial charge is 0.168 e. The van der Waals surface area contributed by atoms with E-state index in [0.717, 1.165) is 0 Å². The van der Waals surface area contributed by atoms with Crippen molar-refractivity contribution in [1.29, 1.82) is 0 Å². The molecular weight excluding hydrogens is 176 g/mol. The highest BCUT2D eigenvalue weighted by atomic mass is 32.1. The minimum absolute atomic E-state index is 0.0354. The molecule has 0 aromatic heterocycles. The molecule has 0 aliphatic heterocycles. The van der Waals surface area contributed by atoms with Gasteiger partial charge < -0.3 is 0 Å². The summed E-state index contributed by atoms with van der Waals surface area (Å²) in [7, 11) is 0. The van der Waals surface area contributed by atoms with Gasteiger partial charge in [-0.3, -0.25) is 0 Å². The van der Waals surface area contributed by atoms with E-state index in [-0.39, 0.29) is 4.75 Å². The average Bonchev–Trinajstić information content (AvgIpc) is 2.09. The molecule has 1 aliphatic carbocycles. The molecule has 0 aromatic carbocycles. The van der Waals surface area contributed by atoms with E-state index in [1.54, 1.807) is 0 Å². The van der Waals surface area contributed by atoms with E-state index in [0.29, 0.717) is 5.92 Å². The summed E-state index contributed by atoms with van der Waals surface area (Å²) in [4.78, 5) is 0. The lowest BCUT2D eigenvalue weighted by atomic mass is 9.74. The number of allylic oxidation sites excluding steroid dienone is 3. The van der Waals surface area contributed by atoms with Gasteiger partial charge in [0, 0.05) is 4.75 Å². The molecule has 0 aromatic rings. The molecule has 0 saturated carbocycles. The molecule has 1 heteroatoms. The third kappa shape index (κ3) is 1.48. The van der Waals surface area contributed by atoms with Gasteiger partial charge in [0.1, 0.15) is 0 Å². The van der Waals surface area contributed by atoms with E-state index in [4.69, 9.17) is 12.6 Å². The normalized spacial score (nSPS) is 35.8. The zero-order chi connectivity index (χ0) is 10.4. The molecular formula is C12H20S. The first-order valence-corrected chi connectivity index (χ1v) is 5.33. The standard InChI is InChI=1S/C12H20S/c1-7-8(2)10(4)12(6,13)11(5)9(7)3/h10,13H,1-6H3. The minimum atomic E-state index is 0.0354. The number of hydrogen-bond donors (Lipinski definition) is 1. The smallest absolute Gasteiger partial charge is 0.0375 e. The monoisotopic (exact) mass is 196 g/mol. The van der Waals surface area contributed by atoms with Crippen molar-refractivity contribution in [2.75, 3.05) is 0 Å². The van der Waals surface area contributed by atoms with Crippen molar-refractivity contribution >= 4 is 12.6 Å². The summed E-state index contributed by atoms with van der Waals surface area (Å²) in [6.45, 7) is 13.3. The molecule has 1 rings (SSSR count). The van der Waals surface area contributed by atoms with Crippen LogP contribution in [0.25, 0.3) is 0 Å². The Kier molecular flexibility index (Phi) is 2.68. The summed E-state index contributed by atoms with van der Waals surface area (Å²) in [5.41, 5.74) is 5.79. The van der Waals surface area contributed by atoms with Crippen LogP contribution in [0.1, 0.15) is 41.5 Å². The maximum absolute atomic E-state index is 4.77. The minimum Gasteiger partial charge on any atom is -0.168 e. The van der Waals surface area contributed by atoms with Gasteiger partial charge in [-0.15, -0.1) is 0 Å². The molecule has 0 fully saturated rings. The van der Waals surface area contributed by atoms with Crippen LogP contribution in [0.15, 0.2) is 22.3 Å². The highest BCUT2D eigenvalue weighted by molar-refractivity contribution is 7.82. The van der Waals surface area contributed by atoms with E-state index >= 15 is 0 Å². The number of hydrogen-bond acceptors (Lipinski definition) is 1. The maximum Gasteiger partial charge on any atom is 0.0375 e. The van der Waals surface area contributed by atoms with Crippen molar-refractivity contribution < 1.29 is 0 Å². The fraction of sp³-hybridized carbons (Fsp3) is 0.667. The molecule has 0 amide bonds. The van der Waals surface area contributed by atoms with Gasteiger partial charge >= 0.3 is 0 Å². The van der Waals surface area contributed by atoms with Crippen molar-refractivity contribution in [2.45, 2.75) is 46.3 Å². The second-order valence-electron chi connectivity index (χ2n) is 4.43. The van der Waals surface area contributed by atoms with Crippen LogP contribution in [0.5, 0.6) is 0 Å². The van der Waals surface area contributed by atoms with Gasteiger partial charge in [0.05, 0.1) is 0 Å². The molecule has 1 aliphatic rings. The highest BCUT2D eigenvalue weighted by Gasteiger charge is 2.35. The number of rotatable bonds is 0. The topological polar surface area (TPSA) is 0 Å². The summed E-state index contributed by atoms with van der Waals surface area (Å²) in [5, 5.41) is 0. The lowest BCUT2D eigenvalue weighted by Gasteiger charge is -2.39. The van der Waals surface area contributed by atoms with Gasteiger partial charge in [-0.25, -0.2) is 0 Å². The molecule has 0 radical (unpaired) electrons. The SMILES string of the molecule is CC1=C(C)C(C)C(C)(S)C(C)=C1C. The third-order valence-electron chi connectivity index (χ3n) is 3.97. The zero-order valence-corrected chi connectivity index (χ0v) is 10.4. The van der Waals surface area contributed by atoms with Crippen LogP contribution in [0, 0.1) is 5.92 Å². The third-order valence-corrected chi connectivity index (χ3v) is 4.69. The Morgan fingerprint density at radius 2 is 1.54 bits per heavy atom. The van der Waals surface area contributed by atoms with Crippen LogP contribution in [0.3, 0.4) is 0 Å². The van der Waals surface area contributed by atoms with Crippen LogP contribution in [0.4, 0.5) is 0 Å². The van der Waals surface area contributed by atoms with Crippen molar-refractivity contribution in [1.82, 2.24) is 0 Å². The Balaban J connectivity index is 3.32. The number of thiol groups is 1. The second kappa shape index (κ2) is 3.20. The molecule has 0 nitrogen and oxygen atoms in total. The average molecular weight is 196 g/mol. The van der Waals surface area contributed by atoms with Crippen LogP contribution in [-0.4, -0.2) is 4.75 Å². The summed E-state index contributed by atoms with van der Waals surface area (Å²) in [5.74, 6) is 0.541. The summed E-state index contributed by atoms with van der Waals surface area (Å²) in [6.07, 6.45) is 0. The van der Waals surface area contributed by atoms with Gasteiger partial charge in [0.25, 0.3) is 0 Å².